The van der Waals surface area contributed by atoms with Crippen molar-refractivity contribution in [3.05, 3.63) is 0 Å². The Kier molecular flexibility index (Phi) is 6.75. The molecular weight excluding hydrogens is 226 g/mol. The van der Waals surface area contributed by atoms with Gasteiger partial charge in [0.05, 0.1) is 34.2 Å². The van der Waals surface area contributed by atoms with E-state index in [0.717, 1.165) is 0 Å². The molecule has 0 spiro atoms. The fourth-order valence-electron chi connectivity index (χ4n) is 1.35. The molecule has 0 aliphatic rings. The number of hydrogen-bond donors (Lipinski definition) is 1. The number of carbonyl (C=O) groups excluding carboxylic acids is 2. The van der Waals surface area contributed by atoms with E-state index in [4.69, 9.17) is 4.74 Å². The average Bonchev–Trinajstić information content (AvgIpc) is 2.08. The Balaban J connectivity index is 3.68. The van der Waals surface area contributed by atoms with Gasteiger partial charge >= 0.3 is 5.97 Å². The number of aliphatic hydroxyl groups excluding tert-OH is 1. The molecule has 1 atom stereocenters. The zero-order chi connectivity index (χ0) is 13.5. The minimum Gasteiger partial charge on any atom is -0.550 e. The van der Waals surface area contributed by atoms with Crippen molar-refractivity contribution in [3.63, 3.8) is 0 Å². The van der Waals surface area contributed by atoms with Crippen LogP contribution in [-0.4, -0.2) is 61.9 Å². The maximum Gasteiger partial charge on any atom is 0.308 e. The molecule has 0 amide bonds. The molecule has 0 saturated carbocycles. The summed E-state index contributed by atoms with van der Waals surface area (Å²) in [6.07, 6.45) is -0.710. The van der Waals surface area contributed by atoms with Gasteiger partial charge in [0.2, 0.25) is 0 Å². The van der Waals surface area contributed by atoms with Crippen molar-refractivity contribution in [2.75, 3.05) is 34.3 Å². The van der Waals surface area contributed by atoms with E-state index in [1.54, 1.807) is 0 Å². The zero-order valence-corrected chi connectivity index (χ0v) is 10.6. The van der Waals surface area contributed by atoms with Crippen molar-refractivity contribution in [1.82, 2.24) is 0 Å². The monoisotopic (exact) mass is 247 g/mol. The zero-order valence-electron chi connectivity index (χ0n) is 10.6. The van der Waals surface area contributed by atoms with Crippen LogP contribution in [0.2, 0.25) is 0 Å². The first-order chi connectivity index (χ1) is 7.70. The lowest BCUT2D eigenvalue weighted by Gasteiger charge is -2.26. The van der Waals surface area contributed by atoms with Crippen LogP contribution in [0.25, 0.3) is 0 Å². The number of ether oxygens (including phenoxy) is 1. The molecule has 6 nitrogen and oxygen atoms in total. The highest BCUT2D eigenvalue weighted by Crippen LogP contribution is 2.01. The van der Waals surface area contributed by atoms with Gasteiger partial charge in [-0.25, -0.2) is 0 Å². The predicted octanol–water partition coefficient (Wildman–Crippen LogP) is -1.48. The number of hydrogen-bond acceptors (Lipinski definition) is 5. The van der Waals surface area contributed by atoms with Crippen molar-refractivity contribution in [2.24, 2.45) is 0 Å². The lowest BCUT2D eigenvalue weighted by Crippen LogP contribution is -2.42. The molecular formula is C11H21NO5. The summed E-state index contributed by atoms with van der Waals surface area (Å²) in [6, 6.07) is 0. The van der Waals surface area contributed by atoms with E-state index in [9.17, 15) is 19.8 Å². The summed E-state index contributed by atoms with van der Waals surface area (Å²) in [5.41, 5.74) is 0. The maximum absolute atomic E-state index is 11.2. The second-order valence-corrected chi connectivity index (χ2v) is 5.03. The topological polar surface area (TPSA) is 86.7 Å². The van der Waals surface area contributed by atoms with Gasteiger partial charge in [0.1, 0.15) is 12.6 Å². The molecule has 0 rings (SSSR count). The number of esters is 1. The van der Waals surface area contributed by atoms with E-state index in [-0.39, 0.29) is 25.9 Å². The minimum atomic E-state index is -1.16. The maximum atomic E-state index is 11.2. The van der Waals surface area contributed by atoms with Crippen molar-refractivity contribution < 1.29 is 29.0 Å². The van der Waals surface area contributed by atoms with E-state index >= 15 is 0 Å². The number of carboxylic acid groups (broad SMARTS) is 1. The van der Waals surface area contributed by atoms with Crippen LogP contribution in [0.5, 0.6) is 0 Å². The van der Waals surface area contributed by atoms with Gasteiger partial charge in [0.25, 0.3) is 0 Å². The molecule has 0 fully saturated rings. The van der Waals surface area contributed by atoms with Crippen LogP contribution in [0, 0.1) is 0 Å². The molecule has 0 aromatic heterocycles. The first-order valence-electron chi connectivity index (χ1n) is 5.54. The van der Waals surface area contributed by atoms with Gasteiger partial charge in [-0.05, 0) is 12.8 Å². The van der Waals surface area contributed by atoms with Crippen LogP contribution in [0.1, 0.15) is 19.3 Å². The SMILES string of the molecule is C[N+](C)(C)C[C@@H](O)CC(=O)OCCCC(=O)[O-]. The van der Waals surface area contributed by atoms with Crippen LogP contribution < -0.4 is 5.11 Å². The van der Waals surface area contributed by atoms with Gasteiger partial charge in [0.15, 0.2) is 0 Å². The first-order valence-corrected chi connectivity index (χ1v) is 5.54. The molecule has 0 bridgehead atoms. The van der Waals surface area contributed by atoms with Crippen LogP contribution in [0.4, 0.5) is 0 Å². The van der Waals surface area contributed by atoms with Crippen LogP contribution >= 0.6 is 0 Å². The van der Waals surface area contributed by atoms with Crippen molar-refractivity contribution >= 4 is 11.9 Å². The van der Waals surface area contributed by atoms with Gasteiger partial charge in [-0.2, -0.15) is 0 Å². The van der Waals surface area contributed by atoms with E-state index in [2.05, 4.69) is 0 Å². The third-order valence-electron chi connectivity index (χ3n) is 1.95. The molecule has 0 heterocycles. The second-order valence-electron chi connectivity index (χ2n) is 5.03. The Morgan fingerprint density at radius 2 is 1.94 bits per heavy atom. The number of carboxylic acids is 1. The van der Waals surface area contributed by atoms with Gasteiger partial charge in [0, 0.05) is 5.97 Å². The number of aliphatic hydroxyl groups is 1. The molecule has 0 aromatic rings. The summed E-state index contributed by atoms with van der Waals surface area (Å²) in [5.74, 6) is -1.67. The summed E-state index contributed by atoms with van der Waals surface area (Å²) < 4.78 is 5.34. The molecule has 17 heavy (non-hydrogen) atoms. The number of carbonyl (C=O) groups is 2. The number of aliphatic carboxylic acids is 1. The molecule has 1 N–H and O–H groups in total. The fourth-order valence-corrected chi connectivity index (χ4v) is 1.35. The highest BCUT2D eigenvalue weighted by molar-refractivity contribution is 5.70. The molecule has 0 aliphatic carbocycles. The Bertz CT molecular complexity index is 259. The highest BCUT2D eigenvalue weighted by atomic mass is 16.5. The number of rotatable bonds is 8. The summed E-state index contributed by atoms with van der Waals surface area (Å²) in [6.45, 7) is 0.498. The number of nitrogens with zero attached hydrogens (tertiary/aromatic N) is 1. The Labute approximate surface area is 101 Å². The lowest BCUT2D eigenvalue weighted by atomic mass is 10.2. The van der Waals surface area contributed by atoms with Gasteiger partial charge in [-0.1, -0.05) is 0 Å². The van der Waals surface area contributed by atoms with Crippen molar-refractivity contribution in [2.45, 2.75) is 25.4 Å². The number of quaternary nitrogens is 1. The van der Waals surface area contributed by atoms with E-state index in [0.29, 0.717) is 11.0 Å². The van der Waals surface area contributed by atoms with Gasteiger partial charge in [-0.15, -0.1) is 0 Å². The van der Waals surface area contributed by atoms with Crippen molar-refractivity contribution in [3.8, 4) is 0 Å². The standard InChI is InChI=1S/C11H21NO5/c1-12(2,3)8-9(13)7-11(16)17-6-4-5-10(14)15/h9,13H,4-8H2,1-3H3/t9-/m0/s1. The summed E-state index contributed by atoms with van der Waals surface area (Å²) in [5, 5.41) is 19.7. The summed E-state index contributed by atoms with van der Waals surface area (Å²) in [4.78, 5) is 21.3. The van der Waals surface area contributed by atoms with Crippen LogP contribution in [-0.2, 0) is 14.3 Å². The average molecular weight is 247 g/mol. The summed E-state index contributed by atoms with van der Waals surface area (Å²) in [7, 11) is 5.73. The van der Waals surface area contributed by atoms with Gasteiger partial charge < -0.3 is 24.2 Å². The predicted molar refractivity (Wildman–Crippen MR) is 58.7 cm³/mol. The molecule has 0 saturated heterocycles. The lowest BCUT2D eigenvalue weighted by molar-refractivity contribution is -0.873. The second kappa shape index (κ2) is 7.24. The van der Waals surface area contributed by atoms with E-state index in [1.165, 1.54) is 0 Å². The molecule has 0 aromatic carbocycles. The largest absolute Gasteiger partial charge is 0.550 e. The first kappa shape index (κ1) is 15.9. The molecule has 6 heteroatoms. The highest BCUT2D eigenvalue weighted by Gasteiger charge is 2.19. The fraction of sp³-hybridized carbons (Fsp3) is 0.818. The Hall–Kier alpha value is -1.14. The van der Waals surface area contributed by atoms with E-state index < -0.39 is 18.0 Å². The smallest absolute Gasteiger partial charge is 0.308 e. The third-order valence-corrected chi connectivity index (χ3v) is 1.95. The minimum absolute atomic E-state index is 0.0455. The third kappa shape index (κ3) is 11.1. The quantitative estimate of drug-likeness (QED) is 0.321. The van der Waals surface area contributed by atoms with Crippen molar-refractivity contribution in [1.29, 1.82) is 0 Å². The molecule has 0 unspecified atom stereocenters. The van der Waals surface area contributed by atoms with Crippen LogP contribution in [0.3, 0.4) is 0 Å². The van der Waals surface area contributed by atoms with E-state index in [1.807, 2.05) is 21.1 Å². The van der Waals surface area contributed by atoms with Crippen LogP contribution in [0.15, 0.2) is 0 Å². The van der Waals surface area contributed by atoms with Gasteiger partial charge in [-0.3, -0.25) is 4.79 Å². The molecule has 100 valence electrons. The summed E-state index contributed by atoms with van der Waals surface area (Å²) >= 11 is 0. The molecule has 0 radical (unpaired) electrons. The molecule has 0 aliphatic heterocycles. The normalized spacial score (nSPS) is 13.2. The number of likely N-dealkylation sites (N-methyl/N-ethyl adjacent to an activating group) is 1. The Morgan fingerprint density at radius 3 is 2.41 bits per heavy atom. The Morgan fingerprint density at radius 1 is 1.35 bits per heavy atom.